The van der Waals surface area contributed by atoms with Crippen molar-refractivity contribution in [2.24, 2.45) is 0 Å². The van der Waals surface area contributed by atoms with Crippen LogP contribution in [-0.4, -0.2) is 26.1 Å². The number of aromatic amines is 1. The monoisotopic (exact) mass is 360 g/mol. The molecule has 1 aromatic carbocycles. The number of halogens is 1. The molecule has 0 aliphatic rings. The van der Waals surface area contributed by atoms with Crippen molar-refractivity contribution in [1.29, 1.82) is 0 Å². The molecule has 0 bridgehead atoms. The SMILES string of the molecule is Cc1ccc(CNC(=O)[C@H](C)Sc2nc3ncc(Cl)cc3[nH]2)cc1. The predicted octanol–water partition coefficient (Wildman–Crippen LogP) is 3.72. The van der Waals surface area contributed by atoms with Crippen molar-refractivity contribution in [3.05, 3.63) is 52.7 Å². The average Bonchev–Trinajstić information content (AvgIpc) is 2.95. The summed E-state index contributed by atoms with van der Waals surface area (Å²) in [4.78, 5) is 23.9. The second kappa shape index (κ2) is 7.23. The number of rotatable bonds is 5. The lowest BCUT2D eigenvalue weighted by molar-refractivity contribution is -0.120. The Kier molecular flexibility index (Phi) is 5.06. The summed E-state index contributed by atoms with van der Waals surface area (Å²) in [6.07, 6.45) is 1.55. The van der Waals surface area contributed by atoms with Crippen molar-refractivity contribution >= 4 is 40.4 Å². The number of thioether (sulfide) groups is 1. The first-order chi connectivity index (χ1) is 11.5. The Balaban J connectivity index is 1.59. The van der Waals surface area contributed by atoms with Crippen molar-refractivity contribution in [3.63, 3.8) is 0 Å². The van der Waals surface area contributed by atoms with Gasteiger partial charge in [0.1, 0.15) is 0 Å². The topological polar surface area (TPSA) is 70.7 Å². The van der Waals surface area contributed by atoms with Crippen molar-refractivity contribution in [1.82, 2.24) is 20.3 Å². The van der Waals surface area contributed by atoms with E-state index in [1.54, 1.807) is 12.3 Å². The van der Waals surface area contributed by atoms with E-state index in [2.05, 4.69) is 20.3 Å². The Morgan fingerprint density at radius 1 is 1.38 bits per heavy atom. The number of hydrogen-bond acceptors (Lipinski definition) is 4. The number of aryl methyl sites for hydroxylation is 1. The maximum absolute atomic E-state index is 12.2. The number of hydrogen-bond donors (Lipinski definition) is 2. The Hall–Kier alpha value is -2.05. The van der Waals surface area contributed by atoms with E-state index in [0.29, 0.717) is 22.4 Å². The molecule has 24 heavy (non-hydrogen) atoms. The Morgan fingerprint density at radius 3 is 2.88 bits per heavy atom. The molecule has 0 aliphatic carbocycles. The van der Waals surface area contributed by atoms with Crippen LogP contribution in [0.3, 0.4) is 0 Å². The molecular weight excluding hydrogens is 344 g/mol. The van der Waals surface area contributed by atoms with Gasteiger partial charge in [-0.05, 0) is 25.5 Å². The molecule has 3 aromatic rings. The number of carbonyl (C=O) groups is 1. The number of nitrogens with zero attached hydrogens (tertiary/aromatic N) is 2. The van der Waals surface area contributed by atoms with E-state index in [9.17, 15) is 4.79 Å². The van der Waals surface area contributed by atoms with Crippen LogP contribution in [0.2, 0.25) is 5.02 Å². The van der Waals surface area contributed by atoms with Gasteiger partial charge in [-0.2, -0.15) is 0 Å². The van der Waals surface area contributed by atoms with Crippen LogP contribution in [0.1, 0.15) is 18.1 Å². The quantitative estimate of drug-likeness (QED) is 0.680. The third-order valence-electron chi connectivity index (χ3n) is 3.53. The van der Waals surface area contributed by atoms with Crippen LogP contribution in [0.15, 0.2) is 41.7 Å². The number of fused-ring (bicyclic) bond motifs is 1. The molecule has 2 N–H and O–H groups in total. The number of aromatic nitrogens is 3. The lowest BCUT2D eigenvalue weighted by Gasteiger charge is -2.10. The summed E-state index contributed by atoms with van der Waals surface area (Å²) in [6.45, 7) is 4.40. The molecule has 124 valence electrons. The molecule has 1 amide bonds. The molecule has 0 fully saturated rings. The Labute approximate surface area is 149 Å². The van der Waals surface area contributed by atoms with Crippen LogP contribution in [0.4, 0.5) is 0 Å². The molecule has 2 heterocycles. The van der Waals surface area contributed by atoms with Gasteiger partial charge in [-0.3, -0.25) is 4.79 Å². The highest BCUT2D eigenvalue weighted by Gasteiger charge is 2.16. The van der Waals surface area contributed by atoms with E-state index < -0.39 is 0 Å². The van der Waals surface area contributed by atoms with E-state index in [4.69, 9.17) is 11.6 Å². The van der Waals surface area contributed by atoms with Crippen LogP contribution in [-0.2, 0) is 11.3 Å². The van der Waals surface area contributed by atoms with Gasteiger partial charge in [-0.1, -0.05) is 53.2 Å². The lowest BCUT2D eigenvalue weighted by Crippen LogP contribution is -2.30. The fraction of sp³-hybridized carbons (Fsp3) is 0.235. The van der Waals surface area contributed by atoms with Gasteiger partial charge >= 0.3 is 0 Å². The molecule has 2 aromatic heterocycles. The number of imidazole rings is 1. The number of pyridine rings is 1. The largest absolute Gasteiger partial charge is 0.351 e. The molecule has 0 saturated heterocycles. The number of carbonyl (C=O) groups excluding carboxylic acids is 1. The predicted molar refractivity (Wildman–Crippen MR) is 97.2 cm³/mol. The van der Waals surface area contributed by atoms with Crippen molar-refractivity contribution in [2.45, 2.75) is 30.8 Å². The first kappa shape index (κ1) is 16.8. The van der Waals surface area contributed by atoms with Crippen LogP contribution < -0.4 is 5.32 Å². The van der Waals surface area contributed by atoms with Crippen molar-refractivity contribution in [2.75, 3.05) is 0 Å². The highest BCUT2D eigenvalue weighted by molar-refractivity contribution is 8.00. The number of amides is 1. The Bertz CT molecular complexity index is 863. The molecule has 0 spiro atoms. The summed E-state index contributed by atoms with van der Waals surface area (Å²) in [6, 6.07) is 9.87. The van der Waals surface area contributed by atoms with Gasteiger partial charge in [0.15, 0.2) is 10.8 Å². The second-order valence-electron chi connectivity index (χ2n) is 5.53. The lowest BCUT2D eigenvalue weighted by atomic mass is 10.1. The van der Waals surface area contributed by atoms with Gasteiger partial charge in [0.25, 0.3) is 0 Å². The molecule has 3 rings (SSSR count). The van der Waals surface area contributed by atoms with Crippen LogP contribution in [0.25, 0.3) is 11.2 Å². The standard InChI is InChI=1S/C17H17ClN4OS/c1-10-3-5-12(6-4-10)8-20-16(23)11(2)24-17-21-14-7-13(18)9-19-15(14)22-17/h3-7,9,11H,8H2,1-2H3,(H,20,23)(H,19,21,22)/t11-/m0/s1. The zero-order valence-electron chi connectivity index (χ0n) is 13.3. The van der Waals surface area contributed by atoms with E-state index in [-0.39, 0.29) is 11.2 Å². The van der Waals surface area contributed by atoms with Crippen molar-refractivity contribution < 1.29 is 4.79 Å². The fourth-order valence-electron chi connectivity index (χ4n) is 2.17. The first-order valence-corrected chi connectivity index (χ1v) is 8.78. The zero-order valence-corrected chi connectivity index (χ0v) is 14.9. The van der Waals surface area contributed by atoms with Gasteiger partial charge in [0, 0.05) is 12.7 Å². The van der Waals surface area contributed by atoms with E-state index in [1.807, 2.05) is 38.1 Å². The molecule has 1 atom stereocenters. The van der Waals surface area contributed by atoms with E-state index in [0.717, 1.165) is 11.1 Å². The smallest absolute Gasteiger partial charge is 0.233 e. The highest BCUT2D eigenvalue weighted by atomic mass is 35.5. The number of benzene rings is 1. The number of H-pyrrole nitrogens is 1. The van der Waals surface area contributed by atoms with E-state index >= 15 is 0 Å². The molecule has 5 nitrogen and oxygen atoms in total. The summed E-state index contributed by atoms with van der Waals surface area (Å²) in [5, 5.41) is 3.87. The van der Waals surface area contributed by atoms with Gasteiger partial charge in [-0.15, -0.1) is 0 Å². The zero-order chi connectivity index (χ0) is 17.1. The summed E-state index contributed by atoms with van der Waals surface area (Å²) >= 11 is 7.27. The summed E-state index contributed by atoms with van der Waals surface area (Å²) in [7, 11) is 0. The molecule has 0 aliphatic heterocycles. The second-order valence-corrected chi connectivity index (χ2v) is 7.30. The van der Waals surface area contributed by atoms with Gasteiger partial charge in [-0.25, -0.2) is 9.97 Å². The molecular formula is C17H17ClN4OS. The maximum Gasteiger partial charge on any atom is 0.233 e. The minimum atomic E-state index is -0.272. The third kappa shape index (κ3) is 4.07. The summed E-state index contributed by atoms with van der Waals surface area (Å²) in [5.41, 5.74) is 3.63. The number of nitrogens with one attached hydrogen (secondary N) is 2. The Morgan fingerprint density at radius 2 is 2.12 bits per heavy atom. The van der Waals surface area contributed by atoms with Crippen LogP contribution in [0, 0.1) is 6.92 Å². The summed E-state index contributed by atoms with van der Waals surface area (Å²) in [5.74, 6) is -0.0352. The van der Waals surface area contributed by atoms with Gasteiger partial charge in [0.2, 0.25) is 5.91 Å². The van der Waals surface area contributed by atoms with Crippen LogP contribution >= 0.6 is 23.4 Å². The molecule has 0 saturated carbocycles. The van der Waals surface area contributed by atoms with Gasteiger partial charge in [0.05, 0.1) is 15.8 Å². The average molecular weight is 361 g/mol. The third-order valence-corrected chi connectivity index (χ3v) is 4.72. The highest BCUT2D eigenvalue weighted by Crippen LogP contribution is 2.24. The maximum atomic E-state index is 12.2. The summed E-state index contributed by atoms with van der Waals surface area (Å²) < 4.78 is 0. The first-order valence-electron chi connectivity index (χ1n) is 7.52. The molecule has 0 radical (unpaired) electrons. The van der Waals surface area contributed by atoms with Crippen LogP contribution in [0.5, 0.6) is 0 Å². The minimum Gasteiger partial charge on any atom is -0.351 e. The minimum absolute atomic E-state index is 0.0352. The van der Waals surface area contributed by atoms with E-state index in [1.165, 1.54) is 17.3 Å². The molecule has 0 unspecified atom stereocenters. The molecule has 7 heteroatoms. The normalized spacial score (nSPS) is 12.3. The van der Waals surface area contributed by atoms with Gasteiger partial charge < -0.3 is 10.3 Å². The van der Waals surface area contributed by atoms with Crippen molar-refractivity contribution in [3.8, 4) is 0 Å². The fourth-order valence-corrected chi connectivity index (χ4v) is 3.16.